The molecule has 3 aromatic rings. The van der Waals surface area contributed by atoms with Gasteiger partial charge >= 0.3 is 0 Å². The second-order valence-electron chi connectivity index (χ2n) is 6.28. The minimum Gasteiger partial charge on any atom is -0.497 e. The molecule has 30 heavy (non-hydrogen) atoms. The maximum atomic E-state index is 12.7. The van der Waals surface area contributed by atoms with Crippen molar-refractivity contribution in [1.82, 2.24) is 9.97 Å². The summed E-state index contributed by atoms with van der Waals surface area (Å²) in [5, 5.41) is 3.81. The summed E-state index contributed by atoms with van der Waals surface area (Å²) < 4.78 is 31.5. The van der Waals surface area contributed by atoms with E-state index in [-0.39, 0.29) is 0 Å². The molecule has 0 spiro atoms. The number of nitrogens with one attached hydrogen (secondary N) is 1. The SMILES string of the molecule is COc1cccc(-c2cc(NC(=O)c3ccc(C)c(N(C)O[SH](=O)=O)c3)ncn2)c1. The number of hydroxylamine groups is 1. The lowest BCUT2D eigenvalue weighted by atomic mass is 10.1. The molecule has 9 nitrogen and oxygen atoms in total. The third kappa shape index (κ3) is 5.10. The molecule has 1 aromatic heterocycles. The first kappa shape index (κ1) is 21.2. The van der Waals surface area contributed by atoms with Crippen LogP contribution in [-0.4, -0.2) is 38.5 Å². The molecule has 0 unspecified atom stereocenters. The predicted octanol–water partition coefficient (Wildman–Crippen LogP) is 2.61. The fourth-order valence-electron chi connectivity index (χ4n) is 2.79. The second-order valence-corrected chi connectivity index (χ2v) is 6.89. The zero-order valence-corrected chi connectivity index (χ0v) is 17.4. The van der Waals surface area contributed by atoms with Crippen molar-refractivity contribution < 1.29 is 22.2 Å². The zero-order chi connectivity index (χ0) is 21.7. The van der Waals surface area contributed by atoms with Crippen LogP contribution in [0, 0.1) is 6.92 Å². The molecule has 0 saturated carbocycles. The number of carbonyl (C=O) groups excluding carboxylic acids is 1. The highest BCUT2D eigenvalue weighted by molar-refractivity contribution is 7.67. The normalized spacial score (nSPS) is 10.7. The highest BCUT2D eigenvalue weighted by Crippen LogP contribution is 2.24. The van der Waals surface area contributed by atoms with Crippen molar-refractivity contribution >= 4 is 28.4 Å². The number of aryl methyl sites for hydroxylation is 1. The third-order valence-electron chi connectivity index (χ3n) is 4.27. The monoisotopic (exact) mass is 428 g/mol. The zero-order valence-electron chi connectivity index (χ0n) is 16.5. The summed E-state index contributed by atoms with van der Waals surface area (Å²) in [6, 6.07) is 13.9. The fourth-order valence-corrected chi connectivity index (χ4v) is 3.08. The van der Waals surface area contributed by atoms with Crippen LogP contribution in [-0.2, 0) is 15.3 Å². The molecule has 0 atom stereocenters. The number of nitrogens with zero attached hydrogens (tertiary/aromatic N) is 3. The van der Waals surface area contributed by atoms with Gasteiger partial charge in [-0.2, -0.15) is 4.28 Å². The quantitative estimate of drug-likeness (QED) is 0.436. The standard InChI is InChI=1S/C20H20N4O5S/c1-13-7-8-15(10-18(13)24(2)29-30(26)27)20(25)23-19-11-17(21-12-22-19)14-5-4-6-16(9-14)28-3/h4-12,30H,1-3H3,(H,21,22,23,25). The third-order valence-corrected chi connectivity index (χ3v) is 4.65. The van der Waals surface area contributed by atoms with Crippen LogP contribution < -0.4 is 15.1 Å². The van der Waals surface area contributed by atoms with Gasteiger partial charge in [-0.15, -0.1) is 0 Å². The van der Waals surface area contributed by atoms with Crippen LogP contribution in [0.15, 0.2) is 54.9 Å². The molecule has 1 N–H and O–H groups in total. The number of hydrogen-bond donors (Lipinski definition) is 2. The molecule has 0 radical (unpaired) electrons. The average Bonchev–Trinajstić information content (AvgIpc) is 2.73. The number of ether oxygens (including phenoxy) is 1. The van der Waals surface area contributed by atoms with E-state index in [1.165, 1.54) is 19.4 Å². The van der Waals surface area contributed by atoms with Crippen molar-refractivity contribution in [3.8, 4) is 17.0 Å². The van der Waals surface area contributed by atoms with Crippen LogP contribution in [0.25, 0.3) is 11.3 Å². The van der Waals surface area contributed by atoms with E-state index in [0.717, 1.165) is 16.2 Å². The summed E-state index contributed by atoms with van der Waals surface area (Å²) in [6.45, 7) is 1.78. The van der Waals surface area contributed by atoms with Crippen LogP contribution in [0.1, 0.15) is 15.9 Å². The van der Waals surface area contributed by atoms with E-state index in [1.54, 1.807) is 32.2 Å². The maximum absolute atomic E-state index is 12.7. The number of methoxy groups -OCH3 is 1. The van der Waals surface area contributed by atoms with Gasteiger partial charge in [-0.05, 0) is 36.8 Å². The highest BCUT2D eigenvalue weighted by atomic mass is 32.2. The summed E-state index contributed by atoms with van der Waals surface area (Å²) >= 11 is 0. The largest absolute Gasteiger partial charge is 0.497 e. The van der Waals surface area contributed by atoms with Crippen LogP contribution in [0.4, 0.5) is 11.5 Å². The molecule has 0 saturated heterocycles. The Hall–Kier alpha value is -3.50. The Morgan fingerprint density at radius 3 is 2.63 bits per heavy atom. The highest BCUT2D eigenvalue weighted by Gasteiger charge is 2.13. The Morgan fingerprint density at radius 1 is 1.10 bits per heavy atom. The topological polar surface area (TPSA) is 111 Å². The predicted molar refractivity (Wildman–Crippen MR) is 113 cm³/mol. The fraction of sp³-hybridized carbons (Fsp3) is 0.150. The summed E-state index contributed by atoms with van der Waals surface area (Å²) in [5.74, 6) is 0.601. The smallest absolute Gasteiger partial charge is 0.277 e. The number of thiol groups is 1. The lowest BCUT2D eigenvalue weighted by Gasteiger charge is -2.17. The second kappa shape index (κ2) is 9.33. The minimum atomic E-state index is -3.07. The van der Waals surface area contributed by atoms with Gasteiger partial charge in [0, 0.05) is 24.2 Å². The van der Waals surface area contributed by atoms with Gasteiger partial charge in [0.2, 0.25) is 0 Å². The van der Waals surface area contributed by atoms with Crippen LogP contribution in [0.5, 0.6) is 5.75 Å². The van der Waals surface area contributed by atoms with Crippen molar-refractivity contribution in [3.63, 3.8) is 0 Å². The molecule has 1 heterocycles. The number of anilines is 2. The van der Waals surface area contributed by atoms with Crippen molar-refractivity contribution in [3.05, 3.63) is 66.0 Å². The molecular formula is C20H20N4O5S. The Bertz CT molecular complexity index is 1140. The Kier molecular flexibility index (Phi) is 6.60. The number of benzene rings is 2. The van der Waals surface area contributed by atoms with Gasteiger partial charge in [-0.1, -0.05) is 18.2 Å². The molecule has 2 aromatic carbocycles. The number of aromatic nitrogens is 2. The number of hydrogen-bond acceptors (Lipinski definition) is 8. The lowest BCUT2D eigenvalue weighted by molar-refractivity contribution is 0.102. The van der Waals surface area contributed by atoms with Gasteiger partial charge in [0.05, 0.1) is 18.5 Å². The summed E-state index contributed by atoms with van der Waals surface area (Å²) in [5.41, 5.74) is 2.94. The van der Waals surface area contributed by atoms with Crippen molar-refractivity contribution in [2.75, 3.05) is 24.5 Å². The maximum Gasteiger partial charge on any atom is 0.277 e. The van der Waals surface area contributed by atoms with E-state index < -0.39 is 16.9 Å². The van der Waals surface area contributed by atoms with Crippen LogP contribution in [0.3, 0.4) is 0 Å². The molecule has 10 heteroatoms. The van der Waals surface area contributed by atoms with E-state index >= 15 is 0 Å². The van der Waals surface area contributed by atoms with Gasteiger partial charge in [-0.25, -0.2) is 23.4 Å². The molecular weight excluding hydrogens is 408 g/mol. The Labute approximate surface area is 175 Å². The number of carbonyl (C=O) groups is 1. The Balaban J connectivity index is 1.82. The van der Waals surface area contributed by atoms with Gasteiger partial charge < -0.3 is 10.1 Å². The van der Waals surface area contributed by atoms with Crippen molar-refractivity contribution in [2.45, 2.75) is 6.92 Å². The summed E-state index contributed by atoms with van der Waals surface area (Å²) in [4.78, 5) is 21.0. The van der Waals surface area contributed by atoms with Gasteiger partial charge in [0.15, 0.2) is 0 Å². The first-order valence-corrected chi connectivity index (χ1v) is 9.91. The van der Waals surface area contributed by atoms with Gasteiger partial charge in [-0.3, -0.25) is 4.79 Å². The molecule has 156 valence electrons. The van der Waals surface area contributed by atoms with E-state index in [1.807, 2.05) is 24.3 Å². The molecule has 0 fully saturated rings. The summed E-state index contributed by atoms with van der Waals surface area (Å²) in [7, 11) is -0.0446. The van der Waals surface area contributed by atoms with Crippen LogP contribution in [0.2, 0.25) is 0 Å². The molecule has 0 aliphatic carbocycles. The molecule has 0 bridgehead atoms. The Morgan fingerprint density at radius 2 is 1.90 bits per heavy atom. The molecule has 0 aliphatic heterocycles. The van der Waals surface area contributed by atoms with Gasteiger partial charge in [0.25, 0.3) is 16.9 Å². The first-order valence-electron chi connectivity index (χ1n) is 8.82. The summed E-state index contributed by atoms with van der Waals surface area (Å²) in [6.07, 6.45) is 1.36. The molecule has 1 amide bonds. The van der Waals surface area contributed by atoms with Crippen molar-refractivity contribution in [2.24, 2.45) is 0 Å². The van der Waals surface area contributed by atoms with E-state index in [4.69, 9.17) is 4.74 Å². The minimum absolute atomic E-state index is 0.314. The van der Waals surface area contributed by atoms with Crippen LogP contribution >= 0.6 is 0 Å². The molecule has 3 rings (SSSR count). The average molecular weight is 428 g/mol. The van der Waals surface area contributed by atoms with Gasteiger partial charge in [0.1, 0.15) is 17.9 Å². The lowest BCUT2D eigenvalue weighted by Crippen LogP contribution is -2.19. The van der Waals surface area contributed by atoms with E-state index in [0.29, 0.717) is 28.5 Å². The van der Waals surface area contributed by atoms with Crippen molar-refractivity contribution in [1.29, 1.82) is 0 Å². The number of amides is 1. The van der Waals surface area contributed by atoms with E-state index in [9.17, 15) is 13.2 Å². The molecule has 0 aliphatic rings. The number of rotatable bonds is 7. The first-order chi connectivity index (χ1) is 14.4. The van der Waals surface area contributed by atoms with E-state index in [2.05, 4.69) is 19.6 Å².